The van der Waals surface area contributed by atoms with E-state index < -0.39 is 61.6 Å². The molecule has 4 atom stereocenters. The zero-order valence-electron chi connectivity index (χ0n) is 29.1. The van der Waals surface area contributed by atoms with E-state index in [-0.39, 0.29) is 25.0 Å². The van der Waals surface area contributed by atoms with Crippen molar-refractivity contribution in [1.82, 2.24) is 15.6 Å². The zero-order chi connectivity index (χ0) is 37.2. The lowest BCUT2D eigenvalue weighted by Crippen LogP contribution is -2.56. The minimum Gasteiger partial charge on any atom is -0.372 e. The van der Waals surface area contributed by atoms with Gasteiger partial charge in [-0.05, 0) is 78.6 Å². The first-order valence-electron chi connectivity index (χ1n) is 17.5. The van der Waals surface area contributed by atoms with Crippen LogP contribution < -0.4 is 21.3 Å². The number of nitrogens with zero attached hydrogens (tertiary/aromatic N) is 1. The number of fused-ring (bicyclic) bond motifs is 1. The summed E-state index contributed by atoms with van der Waals surface area (Å²) in [6.45, 7) is 4.23. The molecule has 0 spiro atoms. The molecule has 4 amide bonds. The van der Waals surface area contributed by atoms with Crippen molar-refractivity contribution in [1.29, 1.82) is 0 Å². The maximum Gasteiger partial charge on any atom is 0.329 e. The molecule has 52 heavy (non-hydrogen) atoms. The van der Waals surface area contributed by atoms with E-state index in [9.17, 15) is 33.5 Å². The Bertz CT molecular complexity index is 2040. The molecule has 6 rings (SSSR count). The molecule has 4 aromatic rings. The third kappa shape index (κ3) is 8.45. The maximum atomic E-state index is 14.3. The van der Waals surface area contributed by atoms with Gasteiger partial charge in [-0.1, -0.05) is 55.5 Å². The molecular weight excluding hydrogens is 685 g/mol. The van der Waals surface area contributed by atoms with Gasteiger partial charge < -0.3 is 35.9 Å². The maximum absolute atomic E-state index is 14.3. The largest absolute Gasteiger partial charge is 0.372 e. The summed E-state index contributed by atoms with van der Waals surface area (Å²) in [5, 5.41) is 6.52. The molecule has 13 nitrogen and oxygen atoms in total. The Hall–Kier alpha value is -4.81. The van der Waals surface area contributed by atoms with E-state index in [4.69, 9.17) is 10.5 Å². The minimum absolute atomic E-state index is 0.0361. The molecule has 0 radical (unpaired) electrons. The fourth-order valence-electron chi connectivity index (χ4n) is 7.07. The number of aromatic amines is 1. The second-order valence-electron chi connectivity index (χ2n) is 13.7. The Morgan fingerprint density at radius 3 is 2.46 bits per heavy atom. The van der Waals surface area contributed by atoms with Crippen molar-refractivity contribution in [2.24, 2.45) is 5.73 Å². The number of nitrogens with one attached hydrogen (secondary N) is 3. The van der Waals surface area contributed by atoms with Crippen LogP contribution in [0.3, 0.4) is 0 Å². The van der Waals surface area contributed by atoms with Gasteiger partial charge in [-0.25, -0.2) is 0 Å². The Morgan fingerprint density at radius 2 is 1.75 bits per heavy atom. The summed E-state index contributed by atoms with van der Waals surface area (Å²) >= 11 is 0. The summed E-state index contributed by atoms with van der Waals surface area (Å²) in [6, 6.07) is 17.8. The average Bonchev–Trinajstić information content (AvgIpc) is 3.68. The van der Waals surface area contributed by atoms with Crippen LogP contribution in [0.2, 0.25) is 0 Å². The lowest BCUT2D eigenvalue weighted by molar-refractivity contribution is -0.128. The van der Waals surface area contributed by atoms with Crippen molar-refractivity contribution >= 4 is 47.8 Å². The number of rotatable bonds is 14. The summed E-state index contributed by atoms with van der Waals surface area (Å²) in [5.74, 6) is -1.84. The normalized spacial score (nSPS) is 18.1. The average molecular weight is 730 g/mol. The number of amides is 4. The van der Waals surface area contributed by atoms with Gasteiger partial charge in [0, 0.05) is 23.7 Å². The van der Waals surface area contributed by atoms with Crippen LogP contribution >= 0.6 is 7.60 Å². The van der Waals surface area contributed by atoms with Gasteiger partial charge >= 0.3 is 7.60 Å². The van der Waals surface area contributed by atoms with Crippen LogP contribution in [-0.2, 0) is 55.7 Å². The van der Waals surface area contributed by atoms with E-state index >= 15 is 0 Å². The van der Waals surface area contributed by atoms with Gasteiger partial charge in [-0.15, -0.1) is 0 Å². The molecule has 3 heterocycles. The lowest BCUT2D eigenvalue weighted by atomic mass is 10.0. The van der Waals surface area contributed by atoms with Gasteiger partial charge in [0.25, 0.3) is 5.91 Å². The van der Waals surface area contributed by atoms with Crippen molar-refractivity contribution in [3.05, 3.63) is 100 Å². The molecule has 7 N–H and O–H groups in total. The number of carbonyl (C=O) groups is 4. The number of primary amides is 1. The second-order valence-corrected chi connectivity index (χ2v) is 15.3. The van der Waals surface area contributed by atoms with Crippen molar-refractivity contribution in [3.63, 3.8) is 0 Å². The van der Waals surface area contributed by atoms with E-state index in [2.05, 4.69) is 22.5 Å². The first kappa shape index (κ1) is 37.0. The summed E-state index contributed by atoms with van der Waals surface area (Å²) in [6.07, 6.45) is 1.39. The van der Waals surface area contributed by atoms with Crippen LogP contribution in [0.25, 0.3) is 10.9 Å². The number of hydrogen-bond donors (Lipinski definition) is 6. The third-order valence-electron chi connectivity index (χ3n) is 9.87. The first-order chi connectivity index (χ1) is 24.8. The topological polar surface area (TPSA) is 204 Å². The van der Waals surface area contributed by atoms with Gasteiger partial charge in [-0.2, -0.15) is 0 Å². The number of anilines is 1. The van der Waals surface area contributed by atoms with E-state index in [1.54, 1.807) is 24.3 Å². The molecule has 0 unspecified atom stereocenters. The van der Waals surface area contributed by atoms with Gasteiger partial charge in [0.05, 0.1) is 30.6 Å². The van der Waals surface area contributed by atoms with Crippen LogP contribution in [0.5, 0.6) is 0 Å². The highest BCUT2D eigenvalue weighted by Gasteiger charge is 2.44. The fourth-order valence-corrected chi connectivity index (χ4v) is 7.74. The van der Waals surface area contributed by atoms with Crippen molar-refractivity contribution < 1.29 is 38.3 Å². The van der Waals surface area contributed by atoms with E-state index in [0.29, 0.717) is 41.6 Å². The Morgan fingerprint density at radius 1 is 1.04 bits per heavy atom. The van der Waals surface area contributed by atoms with Crippen LogP contribution in [0.1, 0.15) is 71.4 Å². The van der Waals surface area contributed by atoms with Gasteiger partial charge in [0.2, 0.25) is 17.7 Å². The molecule has 0 saturated carbocycles. The molecule has 14 heteroatoms. The van der Waals surface area contributed by atoms with E-state index in [0.717, 1.165) is 23.1 Å². The third-order valence-corrected chi connectivity index (χ3v) is 10.7. The molecule has 0 saturated heterocycles. The number of aryl methyl sites for hydroxylation is 2. The number of benzene rings is 3. The molecule has 0 bridgehead atoms. The quantitative estimate of drug-likeness (QED) is 0.105. The van der Waals surface area contributed by atoms with Crippen molar-refractivity contribution in [2.45, 2.75) is 89.4 Å². The highest BCUT2D eigenvalue weighted by Crippen LogP contribution is 2.40. The molecule has 0 fully saturated rings. The van der Waals surface area contributed by atoms with Crippen LogP contribution in [-0.4, -0.2) is 62.6 Å². The lowest BCUT2D eigenvalue weighted by Gasteiger charge is -2.31. The highest BCUT2D eigenvalue weighted by molar-refractivity contribution is 7.50. The van der Waals surface area contributed by atoms with Gasteiger partial charge in [-0.3, -0.25) is 28.6 Å². The van der Waals surface area contributed by atoms with Gasteiger partial charge in [0.1, 0.15) is 17.8 Å². The summed E-state index contributed by atoms with van der Waals surface area (Å²) in [7, 11) is -4.28. The molecule has 2 aliphatic heterocycles. The highest BCUT2D eigenvalue weighted by atomic mass is 31.2. The number of para-hydroxylation sites is 1. The van der Waals surface area contributed by atoms with E-state index in [1.807, 2.05) is 49.4 Å². The summed E-state index contributed by atoms with van der Waals surface area (Å²) < 4.78 is 17.7. The van der Waals surface area contributed by atoms with Crippen molar-refractivity contribution in [3.8, 4) is 0 Å². The molecule has 274 valence electrons. The van der Waals surface area contributed by atoms with Crippen molar-refractivity contribution in [2.75, 3.05) is 4.90 Å². The summed E-state index contributed by atoms with van der Waals surface area (Å²) in [5.41, 5.74) is 11.3. The number of aromatic nitrogens is 1. The number of ether oxygens (including phenoxy) is 1. The number of H-pyrrole nitrogens is 1. The SMILES string of the molecule is CCc1ccc(CO[C@H](C)[C@H](CCC(N)=O)NC(=O)[C@@H]2Cc3cccc4c3N2C(=O)[C@@H](NC(=O)c2cc3cc(CP(=O)(O)O)ccc3[nH]2)CC4)cc1. The minimum atomic E-state index is -4.28. The number of hydrogen-bond acceptors (Lipinski definition) is 6. The van der Waals surface area contributed by atoms with E-state index in [1.165, 1.54) is 10.5 Å². The Balaban J connectivity index is 1.19. The second kappa shape index (κ2) is 15.4. The standard InChI is InChI=1S/C38H44N5O8P/c1-3-23-7-9-24(10-8-23)20-51-22(2)29(15-16-34(39)44)41-37(46)33-19-27-6-4-5-26-12-14-31(38(47)43(33)35(26)27)42-36(45)32-18-28-17-25(21-52(48,49)50)11-13-30(28)40-32/h4-11,13,17-18,22,29,31,33,40H,3,12,14-16,19-21H2,1-2H3,(H2,39,44)(H,41,46)(H,42,45)(H2,48,49,50)/t22-,29+,31+,33+/m1/s1. The Kier molecular flexibility index (Phi) is 11.0. The summed E-state index contributed by atoms with van der Waals surface area (Å²) in [4.78, 5) is 77.0. The molecule has 0 aliphatic carbocycles. The molecule has 2 aliphatic rings. The number of nitrogens with two attached hydrogens (primary N) is 1. The first-order valence-corrected chi connectivity index (χ1v) is 19.3. The van der Waals surface area contributed by atoms with Gasteiger partial charge in [0.15, 0.2) is 0 Å². The van der Waals surface area contributed by atoms with Crippen LogP contribution in [0.4, 0.5) is 5.69 Å². The Labute approximate surface area is 301 Å². The van der Waals surface area contributed by atoms with Crippen LogP contribution in [0, 0.1) is 0 Å². The monoisotopic (exact) mass is 729 g/mol. The molecule has 1 aromatic heterocycles. The predicted molar refractivity (Wildman–Crippen MR) is 195 cm³/mol. The molecule has 3 aromatic carbocycles. The smallest absolute Gasteiger partial charge is 0.329 e. The predicted octanol–water partition coefficient (Wildman–Crippen LogP) is 3.77. The van der Waals surface area contributed by atoms with Crippen LogP contribution in [0.15, 0.2) is 66.7 Å². The number of carbonyl (C=O) groups excluding carboxylic acids is 4. The fraction of sp³-hybridized carbons (Fsp3) is 0.368. The zero-order valence-corrected chi connectivity index (χ0v) is 30.0. The molecular formula is C38H44N5O8P.